The average Bonchev–Trinajstić information content (AvgIpc) is 3.11. The molecule has 0 saturated carbocycles. The average molecular weight is 330 g/mol. The zero-order chi connectivity index (χ0) is 15.4. The lowest BCUT2D eigenvalue weighted by Crippen LogP contribution is -2.26. The Hall–Kier alpha value is -1.72. The molecule has 0 radical (unpaired) electrons. The summed E-state index contributed by atoms with van der Waals surface area (Å²) in [6.07, 6.45) is 0.481. The van der Waals surface area contributed by atoms with Gasteiger partial charge in [-0.3, -0.25) is 4.79 Å². The molecule has 3 nitrogen and oxygen atoms in total. The third-order valence-electron chi connectivity index (χ3n) is 3.42. The first-order chi connectivity index (χ1) is 10.7. The zero-order valence-corrected chi connectivity index (χ0v) is 14.0. The van der Waals surface area contributed by atoms with Gasteiger partial charge in [-0.1, -0.05) is 24.3 Å². The first-order valence-electron chi connectivity index (χ1n) is 7.23. The van der Waals surface area contributed by atoms with Crippen LogP contribution in [0, 0.1) is 6.92 Å². The highest BCUT2D eigenvalue weighted by atomic mass is 32.2. The zero-order valence-electron chi connectivity index (χ0n) is 12.4. The maximum absolute atomic E-state index is 11.8. The van der Waals surface area contributed by atoms with Crippen LogP contribution in [0.2, 0.25) is 0 Å². The monoisotopic (exact) mass is 330 g/mol. The molecule has 3 rings (SSSR count). The lowest BCUT2D eigenvalue weighted by molar-refractivity contribution is -0.120. The Morgan fingerprint density at radius 3 is 2.95 bits per heavy atom. The predicted octanol–water partition coefficient (Wildman–Crippen LogP) is 3.99. The molecule has 0 bridgehead atoms. The maximum Gasteiger partial charge on any atom is 0.225 e. The van der Waals surface area contributed by atoms with E-state index in [0.29, 0.717) is 13.0 Å². The van der Waals surface area contributed by atoms with Crippen LogP contribution >= 0.6 is 23.1 Å². The van der Waals surface area contributed by atoms with Gasteiger partial charge in [0.15, 0.2) is 0 Å². The van der Waals surface area contributed by atoms with Crippen LogP contribution in [0.25, 0.3) is 10.9 Å². The van der Waals surface area contributed by atoms with Crippen molar-refractivity contribution in [2.45, 2.75) is 18.2 Å². The standard InChI is InChI=1S/C17H18N2OS2/c1-12-17(14-6-2-3-7-15(14)19-12)22-10-8-18-16(20)11-13-5-4-9-21-13/h2-7,9,19H,8,10-11H2,1H3,(H,18,20). The molecule has 0 saturated heterocycles. The second kappa shape index (κ2) is 7.03. The van der Waals surface area contributed by atoms with Crippen LogP contribution in [0.3, 0.4) is 0 Å². The number of aryl methyl sites for hydroxylation is 1. The SMILES string of the molecule is Cc1[nH]c2ccccc2c1SCCNC(=O)Cc1cccs1. The van der Waals surface area contributed by atoms with Crippen LogP contribution in [0.15, 0.2) is 46.7 Å². The Kier molecular flexibility index (Phi) is 4.85. The van der Waals surface area contributed by atoms with Crippen LogP contribution in [-0.2, 0) is 11.2 Å². The van der Waals surface area contributed by atoms with Gasteiger partial charge in [0, 0.05) is 38.7 Å². The predicted molar refractivity (Wildman–Crippen MR) is 94.8 cm³/mol. The van der Waals surface area contributed by atoms with Crippen molar-refractivity contribution >= 4 is 39.9 Å². The van der Waals surface area contributed by atoms with E-state index in [1.165, 1.54) is 21.5 Å². The van der Waals surface area contributed by atoms with Gasteiger partial charge in [-0.25, -0.2) is 0 Å². The summed E-state index contributed by atoms with van der Waals surface area (Å²) < 4.78 is 0. The molecule has 22 heavy (non-hydrogen) atoms. The van der Waals surface area contributed by atoms with Crippen LogP contribution in [0.1, 0.15) is 10.6 Å². The van der Waals surface area contributed by atoms with Gasteiger partial charge in [-0.2, -0.15) is 0 Å². The second-order valence-corrected chi connectivity index (χ2v) is 7.22. The molecule has 0 atom stereocenters. The van der Waals surface area contributed by atoms with E-state index in [2.05, 4.69) is 35.4 Å². The van der Waals surface area contributed by atoms with Crippen molar-refractivity contribution in [3.63, 3.8) is 0 Å². The van der Waals surface area contributed by atoms with E-state index >= 15 is 0 Å². The lowest BCUT2D eigenvalue weighted by Gasteiger charge is -2.05. The van der Waals surface area contributed by atoms with E-state index < -0.39 is 0 Å². The number of hydrogen-bond donors (Lipinski definition) is 2. The van der Waals surface area contributed by atoms with E-state index in [-0.39, 0.29) is 5.91 Å². The van der Waals surface area contributed by atoms with Crippen molar-refractivity contribution in [2.75, 3.05) is 12.3 Å². The summed E-state index contributed by atoms with van der Waals surface area (Å²) in [6, 6.07) is 12.3. The minimum absolute atomic E-state index is 0.0960. The molecule has 0 unspecified atom stereocenters. The van der Waals surface area contributed by atoms with E-state index in [9.17, 15) is 4.79 Å². The number of H-pyrrole nitrogens is 1. The Labute approximate surface area is 138 Å². The maximum atomic E-state index is 11.8. The number of fused-ring (bicyclic) bond motifs is 1. The molecule has 1 aromatic carbocycles. The van der Waals surface area contributed by atoms with Crippen molar-refractivity contribution in [1.29, 1.82) is 0 Å². The molecule has 0 spiro atoms. The Morgan fingerprint density at radius 2 is 2.14 bits per heavy atom. The molecule has 2 N–H and O–H groups in total. The molecule has 1 amide bonds. The fraction of sp³-hybridized carbons (Fsp3) is 0.235. The molecule has 5 heteroatoms. The Bertz CT molecular complexity index is 762. The number of hydrogen-bond acceptors (Lipinski definition) is 3. The van der Waals surface area contributed by atoms with Crippen LogP contribution < -0.4 is 5.32 Å². The third-order valence-corrected chi connectivity index (χ3v) is 5.52. The number of carbonyl (C=O) groups excluding carboxylic acids is 1. The Balaban J connectivity index is 1.50. The van der Waals surface area contributed by atoms with E-state index in [1.54, 1.807) is 23.1 Å². The molecule has 0 aliphatic heterocycles. The van der Waals surface area contributed by atoms with Crippen LogP contribution in [0.5, 0.6) is 0 Å². The van der Waals surface area contributed by atoms with Gasteiger partial charge in [0.1, 0.15) is 0 Å². The molecule has 114 valence electrons. The van der Waals surface area contributed by atoms with Crippen molar-refractivity contribution in [2.24, 2.45) is 0 Å². The largest absolute Gasteiger partial charge is 0.358 e. The number of para-hydroxylation sites is 1. The number of aromatic nitrogens is 1. The quantitative estimate of drug-likeness (QED) is 0.530. The van der Waals surface area contributed by atoms with E-state index in [0.717, 1.165) is 10.6 Å². The van der Waals surface area contributed by atoms with Crippen molar-refractivity contribution in [3.8, 4) is 0 Å². The highest BCUT2D eigenvalue weighted by molar-refractivity contribution is 7.99. The topological polar surface area (TPSA) is 44.9 Å². The summed E-state index contributed by atoms with van der Waals surface area (Å²) in [4.78, 5) is 17.6. The van der Waals surface area contributed by atoms with Gasteiger partial charge >= 0.3 is 0 Å². The molecule has 0 aliphatic rings. The highest BCUT2D eigenvalue weighted by Crippen LogP contribution is 2.30. The number of thiophene rings is 1. The lowest BCUT2D eigenvalue weighted by atomic mass is 10.2. The van der Waals surface area contributed by atoms with Gasteiger partial charge in [0.25, 0.3) is 0 Å². The summed E-state index contributed by atoms with van der Waals surface area (Å²) in [6.45, 7) is 2.78. The number of carbonyl (C=O) groups is 1. The molecular weight excluding hydrogens is 312 g/mol. The molecule has 0 fully saturated rings. The van der Waals surface area contributed by atoms with Crippen molar-refractivity contribution < 1.29 is 4.79 Å². The Morgan fingerprint density at radius 1 is 1.27 bits per heavy atom. The fourth-order valence-electron chi connectivity index (χ4n) is 2.41. The van der Waals surface area contributed by atoms with Crippen molar-refractivity contribution in [1.82, 2.24) is 10.3 Å². The normalized spacial score (nSPS) is 11.0. The number of aromatic amines is 1. The summed E-state index contributed by atoms with van der Waals surface area (Å²) in [7, 11) is 0. The van der Waals surface area contributed by atoms with Gasteiger partial charge < -0.3 is 10.3 Å². The number of thioether (sulfide) groups is 1. The van der Waals surface area contributed by atoms with Crippen LogP contribution in [0.4, 0.5) is 0 Å². The summed E-state index contributed by atoms with van der Waals surface area (Å²) >= 11 is 3.41. The van der Waals surface area contributed by atoms with Crippen LogP contribution in [-0.4, -0.2) is 23.2 Å². The molecule has 3 aromatic rings. The molecule has 2 aromatic heterocycles. The minimum Gasteiger partial charge on any atom is -0.358 e. The third kappa shape index (κ3) is 3.54. The van der Waals surface area contributed by atoms with Gasteiger partial charge in [0.05, 0.1) is 6.42 Å². The van der Waals surface area contributed by atoms with Crippen molar-refractivity contribution in [3.05, 3.63) is 52.3 Å². The number of amides is 1. The van der Waals surface area contributed by atoms with E-state index in [1.807, 2.05) is 23.6 Å². The molecule has 2 heterocycles. The smallest absolute Gasteiger partial charge is 0.225 e. The minimum atomic E-state index is 0.0960. The first-order valence-corrected chi connectivity index (χ1v) is 9.10. The highest BCUT2D eigenvalue weighted by Gasteiger charge is 2.08. The second-order valence-electron chi connectivity index (χ2n) is 5.08. The summed E-state index contributed by atoms with van der Waals surface area (Å²) in [5, 5.41) is 6.25. The van der Waals surface area contributed by atoms with Gasteiger partial charge in [-0.05, 0) is 24.4 Å². The fourth-order valence-corrected chi connectivity index (χ4v) is 4.13. The number of benzene rings is 1. The van der Waals surface area contributed by atoms with Gasteiger partial charge in [-0.15, -0.1) is 23.1 Å². The number of rotatable bonds is 6. The van der Waals surface area contributed by atoms with Gasteiger partial charge in [0.2, 0.25) is 5.91 Å². The summed E-state index contributed by atoms with van der Waals surface area (Å²) in [5.41, 5.74) is 2.36. The van der Waals surface area contributed by atoms with E-state index in [4.69, 9.17) is 0 Å². The molecule has 0 aliphatic carbocycles. The first kappa shape index (κ1) is 15.2. The number of nitrogens with one attached hydrogen (secondary N) is 2. The summed E-state index contributed by atoms with van der Waals surface area (Å²) in [5.74, 6) is 0.970. The molecular formula is C17H18N2OS2.